The summed E-state index contributed by atoms with van der Waals surface area (Å²) in [6.45, 7) is 0. The van der Waals surface area contributed by atoms with Crippen LogP contribution in [0, 0.1) is 5.82 Å². The van der Waals surface area contributed by atoms with Crippen LogP contribution in [0.15, 0.2) is 54.9 Å². The number of nitrogens with zero attached hydrogens (tertiary/aromatic N) is 3. The second kappa shape index (κ2) is 6.99. The summed E-state index contributed by atoms with van der Waals surface area (Å²) in [6.07, 6.45) is 3.24. The number of anilines is 2. The van der Waals surface area contributed by atoms with Crippen molar-refractivity contribution in [3.63, 3.8) is 0 Å². The van der Waals surface area contributed by atoms with Crippen LogP contribution in [-0.4, -0.2) is 27.0 Å². The fourth-order valence-corrected chi connectivity index (χ4v) is 2.89. The van der Waals surface area contributed by atoms with E-state index in [1.54, 1.807) is 36.7 Å². The first-order valence-corrected chi connectivity index (χ1v) is 8.43. The summed E-state index contributed by atoms with van der Waals surface area (Å²) in [5, 5.41) is 0. The third-order valence-electron chi connectivity index (χ3n) is 4.27. The number of nitrogen functional groups attached to an aromatic ring is 2. The van der Waals surface area contributed by atoms with E-state index in [-0.39, 0.29) is 11.6 Å². The molecule has 1 aromatic carbocycles. The Morgan fingerprint density at radius 1 is 0.964 bits per heavy atom. The number of nitrogens with two attached hydrogens (primary N) is 2. The molecule has 0 aliphatic rings. The van der Waals surface area contributed by atoms with Gasteiger partial charge in [0.1, 0.15) is 17.5 Å². The monoisotopic (exact) mass is 376 g/mol. The number of pyridine rings is 2. The van der Waals surface area contributed by atoms with Crippen LogP contribution in [0.5, 0.6) is 5.75 Å². The van der Waals surface area contributed by atoms with Crippen molar-refractivity contribution in [2.24, 2.45) is 0 Å². The van der Waals surface area contributed by atoms with Gasteiger partial charge in [-0.2, -0.15) is 0 Å². The van der Waals surface area contributed by atoms with Crippen molar-refractivity contribution in [1.82, 2.24) is 19.9 Å². The largest absolute Gasteiger partial charge is 0.493 e. The zero-order valence-corrected chi connectivity index (χ0v) is 15.0. The van der Waals surface area contributed by atoms with E-state index in [2.05, 4.69) is 15.0 Å². The number of hydrogen-bond donors (Lipinski definition) is 3. The first-order chi connectivity index (χ1) is 13.5. The minimum absolute atomic E-state index is 0.287. The smallest absolute Gasteiger partial charge is 0.166 e. The number of methoxy groups -OCH3 is 1. The van der Waals surface area contributed by atoms with Crippen molar-refractivity contribution >= 4 is 11.6 Å². The highest BCUT2D eigenvalue weighted by Crippen LogP contribution is 2.35. The number of ether oxygens (including phenoxy) is 1. The fourth-order valence-electron chi connectivity index (χ4n) is 2.89. The van der Waals surface area contributed by atoms with Gasteiger partial charge in [-0.15, -0.1) is 0 Å². The molecule has 0 aliphatic carbocycles. The average molecular weight is 376 g/mol. The summed E-state index contributed by atoms with van der Waals surface area (Å²) in [4.78, 5) is 16.2. The quantitative estimate of drug-likeness (QED) is 0.502. The topological polar surface area (TPSA) is 116 Å². The first-order valence-electron chi connectivity index (χ1n) is 8.43. The Bertz CT molecular complexity index is 1140. The molecule has 0 radical (unpaired) electrons. The molecule has 0 saturated heterocycles. The predicted molar refractivity (Wildman–Crippen MR) is 106 cm³/mol. The molecule has 3 heterocycles. The van der Waals surface area contributed by atoms with Crippen LogP contribution in [-0.2, 0) is 0 Å². The standard InChI is InChI=1S/C20H17FN6O/c1-28-15-8-13(10-25-19(15)23)18-17(12-6-7-24-16(22)9-12)26-20(27-18)11-2-4-14(21)5-3-11/h2-10H,1H3,(H2,22,24)(H2,23,25)(H,26,27). The second-order valence-electron chi connectivity index (χ2n) is 6.10. The molecular formula is C20H17FN6O. The summed E-state index contributed by atoms with van der Waals surface area (Å²) >= 11 is 0. The fraction of sp³-hybridized carbons (Fsp3) is 0.0500. The Morgan fingerprint density at radius 3 is 2.46 bits per heavy atom. The Kier molecular flexibility index (Phi) is 4.36. The van der Waals surface area contributed by atoms with Gasteiger partial charge in [-0.25, -0.2) is 19.3 Å². The zero-order chi connectivity index (χ0) is 19.7. The van der Waals surface area contributed by atoms with E-state index in [9.17, 15) is 4.39 Å². The van der Waals surface area contributed by atoms with Crippen molar-refractivity contribution in [2.45, 2.75) is 0 Å². The van der Waals surface area contributed by atoms with E-state index in [4.69, 9.17) is 21.2 Å². The summed E-state index contributed by atoms with van der Waals surface area (Å²) in [5.41, 5.74) is 15.3. The van der Waals surface area contributed by atoms with Crippen molar-refractivity contribution < 1.29 is 9.13 Å². The lowest BCUT2D eigenvalue weighted by Gasteiger charge is -2.07. The SMILES string of the molecule is COc1cc(-c2nc(-c3ccc(F)cc3)[nH]c2-c2ccnc(N)c2)cnc1N. The van der Waals surface area contributed by atoms with Gasteiger partial charge >= 0.3 is 0 Å². The van der Waals surface area contributed by atoms with Gasteiger partial charge in [0.15, 0.2) is 11.6 Å². The molecule has 0 atom stereocenters. The number of hydrogen-bond acceptors (Lipinski definition) is 6. The van der Waals surface area contributed by atoms with Crippen molar-refractivity contribution in [2.75, 3.05) is 18.6 Å². The number of benzene rings is 1. The number of aromatic nitrogens is 4. The molecule has 0 amide bonds. The van der Waals surface area contributed by atoms with Crippen LogP contribution in [0.2, 0.25) is 0 Å². The molecule has 4 aromatic rings. The van der Waals surface area contributed by atoms with Crippen LogP contribution < -0.4 is 16.2 Å². The second-order valence-corrected chi connectivity index (χ2v) is 6.10. The van der Waals surface area contributed by atoms with Gasteiger partial charge in [0, 0.05) is 29.1 Å². The molecule has 0 fully saturated rings. The van der Waals surface area contributed by atoms with E-state index in [1.807, 2.05) is 6.07 Å². The van der Waals surface area contributed by atoms with Gasteiger partial charge < -0.3 is 21.2 Å². The molecule has 28 heavy (non-hydrogen) atoms. The summed E-state index contributed by atoms with van der Waals surface area (Å²) in [5.74, 6) is 1.38. The highest BCUT2D eigenvalue weighted by atomic mass is 19.1. The summed E-state index contributed by atoms with van der Waals surface area (Å²) < 4.78 is 18.6. The number of halogens is 1. The third-order valence-corrected chi connectivity index (χ3v) is 4.27. The highest BCUT2D eigenvalue weighted by molar-refractivity contribution is 5.82. The maximum atomic E-state index is 13.3. The minimum atomic E-state index is -0.315. The van der Waals surface area contributed by atoms with E-state index in [0.29, 0.717) is 28.6 Å². The Hall–Kier alpha value is -3.94. The van der Waals surface area contributed by atoms with Gasteiger partial charge in [0.25, 0.3) is 0 Å². The zero-order valence-electron chi connectivity index (χ0n) is 15.0. The lowest BCUT2D eigenvalue weighted by atomic mass is 10.1. The number of H-pyrrole nitrogens is 1. The molecule has 8 heteroatoms. The molecule has 0 aliphatic heterocycles. The van der Waals surface area contributed by atoms with Crippen molar-refractivity contribution in [3.05, 3.63) is 60.7 Å². The van der Waals surface area contributed by atoms with Gasteiger partial charge in [-0.1, -0.05) is 0 Å². The van der Waals surface area contributed by atoms with Gasteiger partial charge in [-0.05, 0) is 42.5 Å². The van der Waals surface area contributed by atoms with Crippen LogP contribution in [0.1, 0.15) is 0 Å². The molecule has 5 N–H and O–H groups in total. The van der Waals surface area contributed by atoms with E-state index in [0.717, 1.165) is 16.8 Å². The molecule has 140 valence electrons. The van der Waals surface area contributed by atoms with Gasteiger partial charge in [-0.3, -0.25) is 0 Å². The summed E-state index contributed by atoms with van der Waals surface area (Å²) in [6, 6.07) is 11.4. The minimum Gasteiger partial charge on any atom is -0.493 e. The maximum absolute atomic E-state index is 13.3. The molecule has 0 spiro atoms. The van der Waals surface area contributed by atoms with E-state index < -0.39 is 0 Å². The predicted octanol–water partition coefficient (Wildman–Crippen LogP) is 3.51. The molecule has 0 bridgehead atoms. The number of rotatable bonds is 4. The molecular weight excluding hydrogens is 359 g/mol. The average Bonchev–Trinajstić information content (AvgIpc) is 3.14. The molecule has 0 unspecified atom stereocenters. The first kappa shape index (κ1) is 17.5. The number of aromatic amines is 1. The van der Waals surface area contributed by atoms with Crippen LogP contribution in [0.25, 0.3) is 33.9 Å². The molecule has 4 rings (SSSR count). The third kappa shape index (κ3) is 3.23. The lowest BCUT2D eigenvalue weighted by molar-refractivity contribution is 0.415. The number of imidazole rings is 1. The van der Waals surface area contributed by atoms with Crippen LogP contribution >= 0.6 is 0 Å². The highest BCUT2D eigenvalue weighted by Gasteiger charge is 2.17. The maximum Gasteiger partial charge on any atom is 0.166 e. The Labute approximate surface area is 160 Å². The van der Waals surface area contributed by atoms with Gasteiger partial charge in [0.05, 0.1) is 18.5 Å². The van der Waals surface area contributed by atoms with Crippen molar-refractivity contribution in [1.29, 1.82) is 0 Å². The van der Waals surface area contributed by atoms with Crippen LogP contribution in [0.4, 0.5) is 16.0 Å². The lowest BCUT2D eigenvalue weighted by Crippen LogP contribution is -1.96. The van der Waals surface area contributed by atoms with Crippen LogP contribution in [0.3, 0.4) is 0 Å². The Morgan fingerprint density at radius 2 is 1.75 bits per heavy atom. The van der Waals surface area contributed by atoms with Gasteiger partial charge in [0.2, 0.25) is 0 Å². The van der Waals surface area contributed by atoms with E-state index >= 15 is 0 Å². The number of nitrogens with one attached hydrogen (secondary N) is 1. The Balaban J connectivity index is 1.91. The molecule has 7 nitrogen and oxygen atoms in total. The molecule has 3 aromatic heterocycles. The summed E-state index contributed by atoms with van der Waals surface area (Å²) in [7, 11) is 1.52. The van der Waals surface area contributed by atoms with E-state index in [1.165, 1.54) is 19.2 Å². The normalized spacial score (nSPS) is 10.8. The van der Waals surface area contributed by atoms with Crippen molar-refractivity contribution in [3.8, 4) is 39.7 Å². The molecule has 0 saturated carbocycles.